The van der Waals surface area contributed by atoms with Gasteiger partial charge < -0.3 is 14.8 Å². The third kappa shape index (κ3) is 2.98. The van der Waals surface area contributed by atoms with E-state index in [1.54, 1.807) is 17.1 Å². The first kappa shape index (κ1) is 15.1. The Morgan fingerprint density at radius 2 is 2.33 bits per heavy atom. The lowest BCUT2D eigenvalue weighted by atomic mass is 10.0. The lowest BCUT2D eigenvalue weighted by molar-refractivity contribution is 0.369. The van der Waals surface area contributed by atoms with E-state index in [0.717, 1.165) is 30.8 Å². The van der Waals surface area contributed by atoms with Crippen LogP contribution < -0.4 is 10.9 Å². The van der Waals surface area contributed by atoms with Crippen molar-refractivity contribution in [3.63, 3.8) is 0 Å². The Kier molecular flexibility index (Phi) is 3.91. The van der Waals surface area contributed by atoms with Crippen LogP contribution in [0.3, 0.4) is 0 Å². The topological polar surface area (TPSA) is 102 Å². The molecule has 0 aliphatic carbocycles. The van der Waals surface area contributed by atoms with E-state index in [2.05, 4.69) is 25.5 Å². The second kappa shape index (κ2) is 6.21. The van der Waals surface area contributed by atoms with Crippen LogP contribution in [0.5, 0.6) is 0 Å². The predicted molar refractivity (Wildman–Crippen MR) is 86.7 cm³/mol. The molecule has 2 N–H and O–H groups in total. The lowest BCUT2D eigenvalue weighted by Crippen LogP contribution is -2.27. The summed E-state index contributed by atoms with van der Waals surface area (Å²) in [5.74, 6) is 0.755. The van der Waals surface area contributed by atoms with Crippen LogP contribution in [0.15, 0.2) is 27.8 Å². The summed E-state index contributed by atoms with van der Waals surface area (Å²) in [7, 11) is 0. The maximum absolute atomic E-state index is 12.3. The van der Waals surface area contributed by atoms with Crippen LogP contribution >= 0.6 is 11.6 Å². The van der Waals surface area contributed by atoms with Gasteiger partial charge in [0.2, 0.25) is 11.7 Å². The average molecular weight is 347 g/mol. The first-order chi connectivity index (χ1) is 11.7. The zero-order valence-electron chi connectivity index (χ0n) is 12.8. The van der Waals surface area contributed by atoms with Crippen LogP contribution in [0, 0.1) is 0 Å². The quantitative estimate of drug-likeness (QED) is 0.735. The van der Waals surface area contributed by atoms with Gasteiger partial charge in [0.05, 0.1) is 16.8 Å². The monoisotopic (exact) mass is 346 g/mol. The average Bonchev–Trinajstić information content (AvgIpc) is 3.21. The molecule has 0 fully saturated rings. The molecule has 8 nitrogen and oxygen atoms in total. The van der Waals surface area contributed by atoms with Crippen molar-refractivity contribution in [3.8, 4) is 11.4 Å². The molecule has 1 aliphatic rings. The van der Waals surface area contributed by atoms with Gasteiger partial charge in [-0.25, -0.2) is 0 Å². The molecule has 124 valence electrons. The van der Waals surface area contributed by atoms with E-state index in [4.69, 9.17) is 16.1 Å². The molecule has 24 heavy (non-hydrogen) atoms. The second-order valence-electron chi connectivity index (χ2n) is 5.63. The van der Waals surface area contributed by atoms with Gasteiger partial charge in [-0.3, -0.25) is 9.48 Å². The Morgan fingerprint density at radius 3 is 3.17 bits per heavy atom. The minimum atomic E-state index is -0.193. The van der Waals surface area contributed by atoms with Gasteiger partial charge in [-0.15, -0.1) is 0 Å². The van der Waals surface area contributed by atoms with Gasteiger partial charge in [-0.2, -0.15) is 10.1 Å². The number of nitrogens with one attached hydrogen (secondary N) is 2. The van der Waals surface area contributed by atoms with Crippen LogP contribution in [0.25, 0.3) is 11.4 Å². The van der Waals surface area contributed by atoms with Gasteiger partial charge in [0, 0.05) is 44.4 Å². The molecule has 4 rings (SSSR count). The van der Waals surface area contributed by atoms with Gasteiger partial charge in [-0.1, -0.05) is 16.8 Å². The predicted octanol–water partition coefficient (Wildman–Crippen LogP) is 1.16. The Morgan fingerprint density at radius 1 is 1.42 bits per heavy atom. The van der Waals surface area contributed by atoms with E-state index in [1.807, 2.05) is 6.07 Å². The van der Waals surface area contributed by atoms with Crippen LogP contribution in [-0.4, -0.2) is 31.4 Å². The third-order valence-corrected chi connectivity index (χ3v) is 4.14. The molecule has 9 heteroatoms. The zero-order valence-corrected chi connectivity index (χ0v) is 13.5. The fourth-order valence-electron chi connectivity index (χ4n) is 2.73. The van der Waals surface area contributed by atoms with Crippen LogP contribution in [0.1, 0.15) is 17.1 Å². The molecule has 0 spiro atoms. The summed E-state index contributed by atoms with van der Waals surface area (Å²) < 4.78 is 6.94. The highest BCUT2D eigenvalue weighted by atomic mass is 35.5. The molecule has 0 radical (unpaired) electrons. The number of aryl methyl sites for hydroxylation is 2. The van der Waals surface area contributed by atoms with Crippen molar-refractivity contribution in [2.24, 2.45) is 0 Å². The number of aromatic nitrogens is 5. The Balaban J connectivity index is 1.55. The molecule has 1 aliphatic heterocycles. The van der Waals surface area contributed by atoms with E-state index in [9.17, 15) is 4.79 Å². The standard InChI is InChI=1S/C15H15ClN6O2/c16-10-7-18-22(8-10)4-2-13-20-14(21-24-13)11-5-9-6-17-3-1-12(9)19-15(11)23/h5,7-8,17H,1-4,6H2,(H,19,23). The van der Waals surface area contributed by atoms with Gasteiger partial charge in [0.25, 0.3) is 5.56 Å². The Bertz CT molecular complexity index is 928. The van der Waals surface area contributed by atoms with Crippen LogP contribution in [0.2, 0.25) is 5.02 Å². The van der Waals surface area contributed by atoms with Gasteiger partial charge >= 0.3 is 0 Å². The second-order valence-corrected chi connectivity index (χ2v) is 6.06. The highest BCUT2D eigenvalue weighted by Crippen LogP contribution is 2.17. The number of nitrogens with zero attached hydrogens (tertiary/aromatic N) is 4. The van der Waals surface area contributed by atoms with E-state index in [1.165, 1.54) is 0 Å². The molecule has 0 atom stereocenters. The molecular formula is C15H15ClN6O2. The van der Waals surface area contributed by atoms with E-state index < -0.39 is 0 Å². The number of H-pyrrole nitrogens is 1. The lowest BCUT2D eigenvalue weighted by Gasteiger charge is -2.16. The highest BCUT2D eigenvalue weighted by molar-refractivity contribution is 6.30. The molecule has 0 unspecified atom stereocenters. The fraction of sp³-hybridized carbons (Fsp3) is 0.333. The summed E-state index contributed by atoms with van der Waals surface area (Å²) in [6, 6.07) is 1.84. The van der Waals surface area contributed by atoms with Gasteiger partial charge in [-0.05, 0) is 11.6 Å². The van der Waals surface area contributed by atoms with E-state index in [0.29, 0.717) is 35.3 Å². The highest BCUT2D eigenvalue weighted by Gasteiger charge is 2.17. The maximum atomic E-state index is 12.3. The number of rotatable bonds is 4. The fourth-order valence-corrected chi connectivity index (χ4v) is 2.89. The van der Waals surface area contributed by atoms with Gasteiger partial charge in [0.1, 0.15) is 0 Å². The number of halogens is 1. The van der Waals surface area contributed by atoms with Crippen molar-refractivity contribution < 1.29 is 4.52 Å². The number of fused-ring (bicyclic) bond motifs is 1. The smallest absolute Gasteiger partial charge is 0.259 e. The molecule has 3 aromatic heterocycles. The van der Waals surface area contributed by atoms with E-state index in [-0.39, 0.29) is 5.56 Å². The van der Waals surface area contributed by atoms with Crippen LogP contribution in [0.4, 0.5) is 0 Å². The normalized spacial score (nSPS) is 13.9. The largest absolute Gasteiger partial charge is 0.339 e. The van der Waals surface area contributed by atoms with Crippen molar-refractivity contribution in [2.45, 2.75) is 25.9 Å². The molecule has 3 aromatic rings. The SMILES string of the molecule is O=c1[nH]c2c(cc1-c1noc(CCn3cc(Cl)cn3)n1)CNCC2. The van der Waals surface area contributed by atoms with Crippen molar-refractivity contribution in [3.05, 3.63) is 51.0 Å². The number of hydrogen-bond acceptors (Lipinski definition) is 6. The van der Waals surface area contributed by atoms with Crippen LogP contribution in [-0.2, 0) is 25.9 Å². The molecule has 0 aromatic carbocycles. The Labute approximate surface area is 141 Å². The summed E-state index contributed by atoms with van der Waals surface area (Å²) in [4.78, 5) is 19.5. The zero-order chi connectivity index (χ0) is 16.5. The number of pyridine rings is 1. The molecule has 0 amide bonds. The summed E-state index contributed by atoms with van der Waals surface area (Å²) >= 11 is 5.82. The maximum Gasteiger partial charge on any atom is 0.259 e. The number of hydrogen-bond donors (Lipinski definition) is 2. The summed E-state index contributed by atoms with van der Waals surface area (Å²) in [6.45, 7) is 2.16. The van der Waals surface area contributed by atoms with Gasteiger partial charge in [0.15, 0.2) is 0 Å². The molecule has 0 bridgehead atoms. The number of aromatic amines is 1. The third-order valence-electron chi connectivity index (χ3n) is 3.95. The summed E-state index contributed by atoms with van der Waals surface area (Å²) in [5, 5.41) is 11.9. The van der Waals surface area contributed by atoms with Crippen molar-refractivity contribution in [2.75, 3.05) is 6.54 Å². The summed E-state index contributed by atoms with van der Waals surface area (Å²) in [6.07, 6.45) is 4.62. The summed E-state index contributed by atoms with van der Waals surface area (Å²) in [5.41, 5.74) is 2.27. The molecule has 4 heterocycles. The minimum Gasteiger partial charge on any atom is -0.339 e. The molecule has 0 saturated heterocycles. The van der Waals surface area contributed by atoms with Crippen molar-refractivity contribution in [1.82, 2.24) is 30.2 Å². The Hall–Kier alpha value is -2.45. The van der Waals surface area contributed by atoms with E-state index >= 15 is 0 Å². The first-order valence-corrected chi connectivity index (χ1v) is 8.03. The molecule has 0 saturated carbocycles. The molecular weight excluding hydrogens is 332 g/mol. The first-order valence-electron chi connectivity index (χ1n) is 7.66. The van der Waals surface area contributed by atoms with Crippen molar-refractivity contribution in [1.29, 1.82) is 0 Å². The van der Waals surface area contributed by atoms with Crippen molar-refractivity contribution >= 4 is 11.6 Å². The minimum absolute atomic E-state index is 0.193.